The van der Waals surface area contributed by atoms with Crippen LogP contribution in [0.4, 0.5) is 13.2 Å². The molecule has 2 aromatic rings. The fraction of sp³-hybridized carbons (Fsp3) is 0.182. The molecular formula is C11H6Cl2F3N3O2. The summed E-state index contributed by atoms with van der Waals surface area (Å²) in [7, 11) is 0. The molecule has 0 aromatic carbocycles. The molecule has 0 saturated carbocycles. The van der Waals surface area contributed by atoms with E-state index in [1.165, 1.54) is 6.92 Å². The standard InChI is InChI=1S/C11H6Cl2F3N3O2/c1-4-7(10(20)21)8(13)19(18-4)9-6(12)2-5(3-17-9)11(14,15)16/h2-3H,1H3,(H,20,21). The van der Waals surface area contributed by atoms with Crippen LogP contribution in [0.2, 0.25) is 10.2 Å². The number of aromatic nitrogens is 3. The van der Waals surface area contributed by atoms with Gasteiger partial charge in [0.15, 0.2) is 5.82 Å². The molecule has 0 fully saturated rings. The van der Waals surface area contributed by atoms with E-state index >= 15 is 0 Å². The predicted molar refractivity (Wildman–Crippen MR) is 68.1 cm³/mol. The topological polar surface area (TPSA) is 68.0 Å². The maximum Gasteiger partial charge on any atom is 0.417 e. The molecule has 0 amide bonds. The summed E-state index contributed by atoms with van der Waals surface area (Å²) < 4.78 is 38.5. The van der Waals surface area contributed by atoms with Gasteiger partial charge in [-0.2, -0.15) is 18.3 Å². The summed E-state index contributed by atoms with van der Waals surface area (Å²) in [4.78, 5) is 14.6. The van der Waals surface area contributed by atoms with Crippen molar-refractivity contribution in [3.8, 4) is 5.82 Å². The summed E-state index contributed by atoms with van der Waals surface area (Å²) in [5, 5.41) is 12.2. The summed E-state index contributed by atoms with van der Waals surface area (Å²) in [6.07, 6.45) is -4.03. The summed E-state index contributed by atoms with van der Waals surface area (Å²) in [6, 6.07) is 0.664. The van der Waals surface area contributed by atoms with Crippen molar-refractivity contribution in [2.75, 3.05) is 0 Å². The molecular weight excluding hydrogens is 334 g/mol. The predicted octanol–water partition coefficient (Wildman–Crippen LogP) is 3.60. The number of aromatic carboxylic acids is 1. The Labute approximate surface area is 125 Å². The van der Waals surface area contributed by atoms with E-state index < -0.39 is 17.7 Å². The van der Waals surface area contributed by atoms with E-state index in [1.807, 2.05) is 0 Å². The van der Waals surface area contributed by atoms with Crippen LogP contribution in [0.1, 0.15) is 21.6 Å². The third-order valence-corrected chi connectivity index (χ3v) is 3.19. The Kier molecular flexibility index (Phi) is 3.85. The summed E-state index contributed by atoms with van der Waals surface area (Å²) >= 11 is 11.6. The van der Waals surface area contributed by atoms with Gasteiger partial charge >= 0.3 is 12.1 Å². The lowest BCUT2D eigenvalue weighted by Crippen LogP contribution is -2.08. The highest BCUT2D eigenvalue weighted by molar-refractivity contribution is 6.34. The molecule has 10 heteroatoms. The van der Waals surface area contributed by atoms with E-state index in [4.69, 9.17) is 28.3 Å². The zero-order valence-corrected chi connectivity index (χ0v) is 11.8. The zero-order valence-electron chi connectivity index (χ0n) is 10.2. The van der Waals surface area contributed by atoms with Gasteiger partial charge in [-0.15, -0.1) is 0 Å². The van der Waals surface area contributed by atoms with Crippen molar-refractivity contribution < 1.29 is 23.1 Å². The Bertz CT molecular complexity index is 728. The van der Waals surface area contributed by atoms with Crippen molar-refractivity contribution in [1.29, 1.82) is 0 Å². The first-order valence-corrected chi connectivity index (χ1v) is 6.10. The monoisotopic (exact) mass is 339 g/mol. The Morgan fingerprint density at radius 1 is 1.38 bits per heavy atom. The average Bonchev–Trinajstić information content (AvgIpc) is 2.63. The first-order chi connectivity index (χ1) is 9.62. The SMILES string of the molecule is Cc1nn(-c2ncc(C(F)(F)F)cc2Cl)c(Cl)c1C(=O)O. The maximum absolute atomic E-state index is 12.5. The first kappa shape index (κ1) is 15.6. The smallest absolute Gasteiger partial charge is 0.417 e. The second-order valence-electron chi connectivity index (χ2n) is 4.00. The molecule has 2 aromatic heterocycles. The number of rotatable bonds is 2. The van der Waals surface area contributed by atoms with E-state index in [1.54, 1.807) is 0 Å². The molecule has 0 atom stereocenters. The van der Waals surface area contributed by atoms with Crippen LogP contribution in [-0.4, -0.2) is 25.8 Å². The molecule has 0 radical (unpaired) electrons. The van der Waals surface area contributed by atoms with Gasteiger partial charge in [0.2, 0.25) is 0 Å². The Morgan fingerprint density at radius 2 is 2.00 bits per heavy atom. The van der Waals surface area contributed by atoms with Crippen LogP contribution < -0.4 is 0 Å². The molecule has 112 valence electrons. The molecule has 0 aliphatic heterocycles. The van der Waals surface area contributed by atoms with Gasteiger partial charge in [0.05, 0.1) is 16.3 Å². The minimum absolute atomic E-state index is 0.0882. The lowest BCUT2D eigenvalue weighted by Gasteiger charge is -2.09. The number of aryl methyl sites for hydroxylation is 1. The van der Waals surface area contributed by atoms with Gasteiger partial charge in [0, 0.05) is 6.20 Å². The molecule has 5 nitrogen and oxygen atoms in total. The maximum atomic E-state index is 12.5. The van der Waals surface area contributed by atoms with Gasteiger partial charge in [0.1, 0.15) is 10.7 Å². The van der Waals surface area contributed by atoms with Crippen LogP contribution >= 0.6 is 23.2 Å². The van der Waals surface area contributed by atoms with Gasteiger partial charge in [-0.3, -0.25) is 0 Å². The van der Waals surface area contributed by atoms with Crippen LogP contribution in [0.15, 0.2) is 12.3 Å². The number of carboxylic acids is 1. The van der Waals surface area contributed by atoms with Gasteiger partial charge in [-0.25, -0.2) is 14.5 Å². The summed E-state index contributed by atoms with van der Waals surface area (Å²) in [5.74, 6) is -1.50. The lowest BCUT2D eigenvalue weighted by molar-refractivity contribution is -0.137. The Balaban J connectivity index is 2.59. The largest absolute Gasteiger partial charge is 0.478 e. The zero-order chi connectivity index (χ0) is 15.9. The van der Waals surface area contributed by atoms with Crippen molar-refractivity contribution in [2.24, 2.45) is 0 Å². The Morgan fingerprint density at radius 3 is 2.43 bits per heavy atom. The fourth-order valence-corrected chi connectivity index (χ4v) is 2.21. The molecule has 2 heterocycles. The number of hydrogen-bond donors (Lipinski definition) is 1. The number of carboxylic acid groups (broad SMARTS) is 1. The molecule has 0 unspecified atom stereocenters. The van der Waals surface area contributed by atoms with E-state index in [0.717, 1.165) is 4.68 Å². The number of nitrogens with zero attached hydrogens (tertiary/aromatic N) is 3. The average molecular weight is 340 g/mol. The minimum atomic E-state index is -4.59. The summed E-state index contributed by atoms with van der Waals surface area (Å²) in [5.41, 5.74) is -1.21. The highest BCUT2D eigenvalue weighted by atomic mass is 35.5. The first-order valence-electron chi connectivity index (χ1n) is 5.34. The number of pyridine rings is 1. The van der Waals surface area contributed by atoms with Gasteiger partial charge < -0.3 is 5.11 Å². The third kappa shape index (κ3) is 2.81. The van der Waals surface area contributed by atoms with E-state index in [0.29, 0.717) is 12.3 Å². The Hall–Kier alpha value is -1.80. The highest BCUT2D eigenvalue weighted by Gasteiger charge is 2.32. The normalized spacial score (nSPS) is 11.7. The molecule has 0 bridgehead atoms. The number of halogens is 5. The van der Waals surface area contributed by atoms with Crippen LogP contribution in [0, 0.1) is 6.92 Å². The second-order valence-corrected chi connectivity index (χ2v) is 4.76. The van der Waals surface area contributed by atoms with E-state index in [-0.39, 0.29) is 27.3 Å². The molecule has 1 N–H and O–H groups in total. The summed E-state index contributed by atoms with van der Waals surface area (Å²) in [6.45, 7) is 1.39. The molecule has 0 aliphatic carbocycles. The number of alkyl halides is 3. The quantitative estimate of drug-likeness (QED) is 0.907. The second kappa shape index (κ2) is 5.19. The van der Waals surface area contributed by atoms with Gasteiger partial charge in [-0.05, 0) is 13.0 Å². The van der Waals surface area contributed by atoms with Crippen LogP contribution in [0.25, 0.3) is 5.82 Å². The number of carbonyl (C=O) groups is 1. The molecule has 2 rings (SSSR count). The van der Waals surface area contributed by atoms with Crippen molar-refractivity contribution in [3.05, 3.63) is 39.3 Å². The molecule has 21 heavy (non-hydrogen) atoms. The van der Waals surface area contributed by atoms with E-state index in [2.05, 4.69) is 10.1 Å². The minimum Gasteiger partial charge on any atom is -0.478 e. The molecule has 0 aliphatic rings. The van der Waals surface area contributed by atoms with E-state index in [9.17, 15) is 18.0 Å². The lowest BCUT2D eigenvalue weighted by atomic mass is 10.2. The fourth-order valence-electron chi connectivity index (χ4n) is 1.62. The molecule has 0 saturated heterocycles. The van der Waals surface area contributed by atoms with Gasteiger partial charge in [-0.1, -0.05) is 23.2 Å². The van der Waals surface area contributed by atoms with Crippen LogP contribution in [0.3, 0.4) is 0 Å². The van der Waals surface area contributed by atoms with Crippen LogP contribution in [-0.2, 0) is 6.18 Å². The van der Waals surface area contributed by atoms with Crippen molar-refractivity contribution in [3.63, 3.8) is 0 Å². The van der Waals surface area contributed by atoms with Crippen LogP contribution in [0.5, 0.6) is 0 Å². The number of hydrogen-bond acceptors (Lipinski definition) is 3. The highest BCUT2D eigenvalue weighted by Crippen LogP contribution is 2.33. The van der Waals surface area contributed by atoms with Crippen molar-refractivity contribution >= 4 is 29.2 Å². The third-order valence-electron chi connectivity index (χ3n) is 2.57. The van der Waals surface area contributed by atoms with Crippen molar-refractivity contribution in [1.82, 2.24) is 14.8 Å². The molecule has 0 spiro atoms. The van der Waals surface area contributed by atoms with Crippen molar-refractivity contribution in [2.45, 2.75) is 13.1 Å². The van der Waals surface area contributed by atoms with Gasteiger partial charge in [0.25, 0.3) is 0 Å².